The molecular weight excluding hydrogens is 349 g/mol. The van der Waals surface area contributed by atoms with Crippen molar-refractivity contribution in [2.75, 3.05) is 11.9 Å². The molecule has 1 atom stereocenters. The van der Waals surface area contributed by atoms with Crippen molar-refractivity contribution in [3.05, 3.63) is 46.9 Å². The Labute approximate surface area is 157 Å². The standard InChI is InChI=1S/C19H24FN5O2/c1-3-4-5-6-9-12-27-18(26)16-13(2)21-19-22-23-24-25(19)17(16)14-10-7-8-11-15(14)20/h7-8,10-11,17H,3-6,9,12H2,1-2H3,(H,21,22,24). The first kappa shape index (κ1) is 19.0. The van der Waals surface area contributed by atoms with E-state index < -0.39 is 17.8 Å². The normalized spacial score (nSPS) is 16.0. The number of benzene rings is 1. The van der Waals surface area contributed by atoms with Gasteiger partial charge in [-0.2, -0.15) is 4.68 Å². The molecule has 1 aliphatic rings. The van der Waals surface area contributed by atoms with Crippen LogP contribution in [-0.4, -0.2) is 32.8 Å². The molecule has 0 spiro atoms. The monoisotopic (exact) mass is 373 g/mol. The molecule has 0 fully saturated rings. The molecular formula is C19H24FN5O2. The van der Waals surface area contributed by atoms with E-state index in [0.717, 1.165) is 25.7 Å². The molecule has 1 N–H and O–H groups in total. The van der Waals surface area contributed by atoms with E-state index in [2.05, 4.69) is 27.8 Å². The molecule has 3 rings (SSSR count). The van der Waals surface area contributed by atoms with E-state index >= 15 is 0 Å². The highest BCUT2D eigenvalue weighted by atomic mass is 19.1. The number of carbonyl (C=O) groups is 1. The van der Waals surface area contributed by atoms with E-state index in [4.69, 9.17) is 4.74 Å². The van der Waals surface area contributed by atoms with E-state index in [0.29, 0.717) is 29.4 Å². The van der Waals surface area contributed by atoms with Crippen molar-refractivity contribution in [1.82, 2.24) is 20.2 Å². The van der Waals surface area contributed by atoms with Gasteiger partial charge in [0.1, 0.15) is 11.9 Å². The molecule has 27 heavy (non-hydrogen) atoms. The molecule has 8 heteroatoms. The maximum absolute atomic E-state index is 14.5. The minimum Gasteiger partial charge on any atom is -0.462 e. The van der Waals surface area contributed by atoms with Gasteiger partial charge in [-0.3, -0.25) is 0 Å². The summed E-state index contributed by atoms with van der Waals surface area (Å²) in [5, 5.41) is 14.5. The zero-order valence-corrected chi connectivity index (χ0v) is 15.6. The molecule has 2 heterocycles. The number of fused-ring (bicyclic) bond motifs is 1. The minimum atomic E-state index is -0.773. The Hall–Kier alpha value is -2.77. The van der Waals surface area contributed by atoms with Gasteiger partial charge in [0.05, 0.1) is 12.2 Å². The van der Waals surface area contributed by atoms with E-state index in [9.17, 15) is 9.18 Å². The summed E-state index contributed by atoms with van der Waals surface area (Å²) in [6.07, 6.45) is 5.30. The lowest BCUT2D eigenvalue weighted by Crippen LogP contribution is -2.30. The molecule has 0 saturated carbocycles. The number of unbranched alkanes of at least 4 members (excludes halogenated alkanes) is 4. The van der Waals surface area contributed by atoms with Crippen molar-refractivity contribution in [1.29, 1.82) is 0 Å². The molecule has 0 amide bonds. The van der Waals surface area contributed by atoms with E-state index in [1.165, 1.54) is 17.2 Å². The highest BCUT2D eigenvalue weighted by Crippen LogP contribution is 2.35. The number of rotatable bonds is 8. The Morgan fingerprint density at radius 2 is 2.04 bits per heavy atom. The average Bonchev–Trinajstić information content (AvgIpc) is 3.12. The fourth-order valence-corrected chi connectivity index (χ4v) is 3.21. The van der Waals surface area contributed by atoms with Gasteiger partial charge in [-0.05, 0) is 29.8 Å². The van der Waals surface area contributed by atoms with Crippen LogP contribution < -0.4 is 5.32 Å². The minimum absolute atomic E-state index is 0.313. The first-order valence-corrected chi connectivity index (χ1v) is 9.30. The summed E-state index contributed by atoms with van der Waals surface area (Å²) in [5.74, 6) is -0.551. The number of aromatic nitrogens is 4. The molecule has 7 nitrogen and oxygen atoms in total. The van der Waals surface area contributed by atoms with Crippen molar-refractivity contribution in [2.45, 2.75) is 52.0 Å². The molecule has 0 saturated heterocycles. The molecule has 144 valence electrons. The van der Waals surface area contributed by atoms with Gasteiger partial charge in [0.25, 0.3) is 0 Å². The highest BCUT2D eigenvalue weighted by molar-refractivity contribution is 5.92. The van der Waals surface area contributed by atoms with Crippen LogP contribution in [0.4, 0.5) is 10.3 Å². The summed E-state index contributed by atoms with van der Waals surface area (Å²) in [5.41, 5.74) is 1.19. The molecule has 0 aliphatic carbocycles. The molecule has 1 unspecified atom stereocenters. The average molecular weight is 373 g/mol. The van der Waals surface area contributed by atoms with Gasteiger partial charge in [-0.1, -0.05) is 55.9 Å². The Balaban J connectivity index is 1.81. The number of hydrogen-bond acceptors (Lipinski definition) is 6. The molecule has 1 aromatic heterocycles. The van der Waals surface area contributed by atoms with Crippen LogP contribution in [0.25, 0.3) is 0 Å². The number of hydrogen-bond donors (Lipinski definition) is 1. The molecule has 0 radical (unpaired) electrons. The van der Waals surface area contributed by atoms with Crippen molar-refractivity contribution < 1.29 is 13.9 Å². The second-order valence-corrected chi connectivity index (χ2v) is 6.58. The Kier molecular flexibility index (Phi) is 6.16. The summed E-state index contributed by atoms with van der Waals surface area (Å²) in [6, 6.07) is 5.53. The van der Waals surface area contributed by atoms with Gasteiger partial charge in [0.15, 0.2) is 0 Å². The summed E-state index contributed by atoms with van der Waals surface area (Å²) in [6.45, 7) is 4.23. The van der Waals surface area contributed by atoms with Gasteiger partial charge < -0.3 is 10.1 Å². The number of anilines is 1. The SMILES string of the molecule is CCCCCCCOC(=O)C1=C(C)Nc2nnnn2C1c1ccccc1F. The number of ether oxygens (including phenoxy) is 1. The quantitative estimate of drug-likeness (QED) is 0.562. The van der Waals surface area contributed by atoms with Gasteiger partial charge in [0, 0.05) is 11.3 Å². The number of carbonyl (C=O) groups excluding carboxylic acids is 1. The number of nitrogens with zero attached hydrogens (tertiary/aromatic N) is 4. The third-order valence-electron chi connectivity index (χ3n) is 4.61. The topological polar surface area (TPSA) is 81.9 Å². The van der Waals surface area contributed by atoms with E-state index in [-0.39, 0.29) is 0 Å². The third-order valence-corrected chi connectivity index (χ3v) is 4.61. The van der Waals surface area contributed by atoms with Crippen LogP contribution >= 0.6 is 0 Å². The van der Waals surface area contributed by atoms with Gasteiger partial charge in [0.2, 0.25) is 5.95 Å². The molecule has 1 aliphatic heterocycles. The summed E-state index contributed by atoms with van der Waals surface area (Å²) < 4.78 is 21.4. The summed E-state index contributed by atoms with van der Waals surface area (Å²) >= 11 is 0. The van der Waals surface area contributed by atoms with E-state index in [1.807, 2.05) is 0 Å². The van der Waals surface area contributed by atoms with Crippen molar-refractivity contribution in [2.24, 2.45) is 0 Å². The fourth-order valence-electron chi connectivity index (χ4n) is 3.21. The van der Waals surface area contributed by atoms with Gasteiger partial charge in [-0.15, -0.1) is 0 Å². The largest absolute Gasteiger partial charge is 0.462 e. The van der Waals surface area contributed by atoms with Crippen molar-refractivity contribution >= 4 is 11.9 Å². The Morgan fingerprint density at radius 1 is 1.26 bits per heavy atom. The van der Waals surface area contributed by atoms with Crippen LogP contribution in [0.1, 0.15) is 57.6 Å². The van der Waals surface area contributed by atoms with Crippen molar-refractivity contribution in [3.63, 3.8) is 0 Å². The second-order valence-electron chi connectivity index (χ2n) is 6.58. The van der Waals surface area contributed by atoms with Gasteiger partial charge >= 0.3 is 5.97 Å². The van der Waals surface area contributed by atoms with Crippen LogP contribution in [0.15, 0.2) is 35.5 Å². The van der Waals surface area contributed by atoms with Crippen LogP contribution in [0.5, 0.6) is 0 Å². The number of nitrogens with one attached hydrogen (secondary N) is 1. The predicted molar refractivity (Wildman–Crippen MR) is 98.4 cm³/mol. The number of allylic oxidation sites excluding steroid dienone is 1. The highest BCUT2D eigenvalue weighted by Gasteiger charge is 2.36. The summed E-state index contributed by atoms with van der Waals surface area (Å²) in [7, 11) is 0. The lowest BCUT2D eigenvalue weighted by molar-refractivity contribution is -0.139. The molecule has 2 aromatic rings. The maximum atomic E-state index is 14.5. The zero-order chi connectivity index (χ0) is 19.2. The predicted octanol–water partition coefficient (Wildman–Crippen LogP) is 3.61. The summed E-state index contributed by atoms with van der Waals surface area (Å²) in [4.78, 5) is 12.8. The maximum Gasteiger partial charge on any atom is 0.338 e. The van der Waals surface area contributed by atoms with Crippen molar-refractivity contribution in [3.8, 4) is 0 Å². The first-order chi connectivity index (χ1) is 13.1. The lowest BCUT2D eigenvalue weighted by atomic mass is 9.95. The molecule has 1 aromatic carbocycles. The first-order valence-electron chi connectivity index (χ1n) is 9.30. The second kappa shape index (κ2) is 8.75. The van der Waals surface area contributed by atoms with E-state index in [1.54, 1.807) is 25.1 Å². The zero-order valence-electron chi connectivity index (χ0n) is 15.6. The lowest BCUT2D eigenvalue weighted by Gasteiger charge is -2.27. The fraction of sp³-hybridized carbons (Fsp3) is 0.474. The van der Waals surface area contributed by atoms with Crippen LogP contribution in [0, 0.1) is 5.82 Å². The smallest absolute Gasteiger partial charge is 0.338 e. The third kappa shape index (κ3) is 4.15. The number of tetrazole rings is 1. The van der Waals surface area contributed by atoms with Crippen LogP contribution in [-0.2, 0) is 9.53 Å². The van der Waals surface area contributed by atoms with Crippen LogP contribution in [0.3, 0.4) is 0 Å². The Bertz CT molecular complexity index is 833. The van der Waals surface area contributed by atoms with Crippen LogP contribution in [0.2, 0.25) is 0 Å². The Morgan fingerprint density at radius 3 is 2.81 bits per heavy atom. The number of esters is 1. The molecule has 0 bridgehead atoms. The van der Waals surface area contributed by atoms with Gasteiger partial charge in [-0.25, -0.2) is 9.18 Å². The number of halogens is 1.